The molecule has 1 aliphatic carbocycles. The highest BCUT2D eigenvalue weighted by molar-refractivity contribution is 9.10. The summed E-state index contributed by atoms with van der Waals surface area (Å²) in [6, 6.07) is 25.2. The fraction of sp³-hybridized carbons (Fsp3) is 0.229. The van der Waals surface area contributed by atoms with E-state index in [-0.39, 0.29) is 34.2 Å². The highest BCUT2D eigenvalue weighted by atomic mass is 79.9. The van der Waals surface area contributed by atoms with E-state index in [0.717, 1.165) is 8.95 Å². The molecular formula is C35H25Br2Cl4NO4. The molecule has 11 heteroatoms. The first-order valence-corrected chi connectivity index (χ1v) is 17.2. The molecule has 1 saturated carbocycles. The monoisotopic (exact) mass is 821 g/mol. The number of esters is 1. The van der Waals surface area contributed by atoms with Gasteiger partial charge in [-0.3, -0.25) is 9.59 Å². The highest BCUT2D eigenvalue weighted by Gasteiger charge is 2.68. The minimum Gasteiger partial charge on any atom is -0.465 e. The average molecular weight is 825 g/mol. The van der Waals surface area contributed by atoms with Crippen LogP contribution in [0.5, 0.6) is 0 Å². The molecule has 0 bridgehead atoms. The summed E-state index contributed by atoms with van der Waals surface area (Å²) < 4.78 is 7.13. The molecule has 236 valence electrons. The van der Waals surface area contributed by atoms with Crippen molar-refractivity contribution in [3.63, 3.8) is 0 Å². The molecule has 1 fully saturated rings. The van der Waals surface area contributed by atoms with Gasteiger partial charge in [-0.05, 0) is 78.6 Å². The van der Waals surface area contributed by atoms with Crippen LogP contribution in [-0.2, 0) is 15.1 Å². The minimum absolute atomic E-state index is 0.0489. The maximum atomic E-state index is 14.9. The van der Waals surface area contributed by atoms with Gasteiger partial charge in [0.25, 0.3) is 0 Å². The van der Waals surface area contributed by atoms with Crippen molar-refractivity contribution in [2.24, 2.45) is 11.3 Å². The van der Waals surface area contributed by atoms with Gasteiger partial charge in [0, 0.05) is 46.4 Å². The molecule has 0 aliphatic heterocycles. The lowest BCUT2D eigenvalue weighted by atomic mass is 9.47. The van der Waals surface area contributed by atoms with Gasteiger partial charge < -0.3 is 9.84 Å². The van der Waals surface area contributed by atoms with E-state index in [9.17, 15) is 20.0 Å². The SMILES string of the molecule is CCOC(=O)[C@]1(C#N)[C@H](c2ccc(Cl)cc2Cl)C[C@](O)(c2ccc(Br)cc2)[C@@H](C(=O)c2ccc(Br)cc2)[C@@H]1c1ccc(Cl)cc1Cl. The van der Waals surface area contributed by atoms with Gasteiger partial charge >= 0.3 is 5.97 Å². The number of rotatable bonds is 7. The van der Waals surface area contributed by atoms with E-state index in [0.29, 0.717) is 21.2 Å². The Bertz CT molecular complexity index is 1850. The number of nitriles is 1. The molecule has 46 heavy (non-hydrogen) atoms. The Balaban J connectivity index is 1.94. The molecule has 0 spiro atoms. The normalized spacial score (nSPS) is 24.2. The van der Waals surface area contributed by atoms with Gasteiger partial charge in [0.05, 0.1) is 18.6 Å². The second-order valence-electron chi connectivity index (χ2n) is 11.0. The van der Waals surface area contributed by atoms with Crippen molar-refractivity contribution in [3.8, 4) is 6.07 Å². The summed E-state index contributed by atoms with van der Waals surface area (Å²) in [6.45, 7) is 1.58. The number of hydrogen-bond acceptors (Lipinski definition) is 5. The van der Waals surface area contributed by atoms with Gasteiger partial charge in [0.2, 0.25) is 0 Å². The van der Waals surface area contributed by atoms with E-state index < -0.39 is 40.5 Å². The Morgan fingerprint density at radius 1 is 0.870 bits per heavy atom. The lowest BCUT2D eigenvalue weighted by Crippen LogP contribution is -2.59. The first kappa shape index (κ1) is 34.9. The van der Waals surface area contributed by atoms with E-state index in [2.05, 4.69) is 37.9 Å². The van der Waals surface area contributed by atoms with Crippen LogP contribution < -0.4 is 0 Å². The average Bonchev–Trinajstić information content (AvgIpc) is 3.01. The van der Waals surface area contributed by atoms with Crippen LogP contribution in [0.1, 0.15) is 52.2 Å². The molecule has 0 unspecified atom stereocenters. The molecule has 0 aromatic heterocycles. The van der Waals surface area contributed by atoms with Crippen LogP contribution in [0.25, 0.3) is 0 Å². The van der Waals surface area contributed by atoms with Crippen LogP contribution in [0.2, 0.25) is 20.1 Å². The summed E-state index contributed by atoms with van der Waals surface area (Å²) in [6.07, 6.45) is -0.253. The zero-order valence-electron chi connectivity index (χ0n) is 24.1. The molecule has 5 nitrogen and oxygen atoms in total. The van der Waals surface area contributed by atoms with E-state index in [1.54, 1.807) is 79.7 Å². The third-order valence-corrected chi connectivity index (χ3v) is 10.8. The number of carbonyl (C=O) groups excluding carboxylic acids is 2. The summed E-state index contributed by atoms with van der Waals surface area (Å²) in [4.78, 5) is 29.3. The largest absolute Gasteiger partial charge is 0.465 e. The number of halogens is 6. The molecule has 5 rings (SSSR count). The summed E-state index contributed by atoms with van der Waals surface area (Å²) in [5.74, 6) is -5.24. The molecule has 1 N–H and O–H groups in total. The second kappa shape index (κ2) is 14.0. The van der Waals surface area contributed by atoms with E-state index in [1.165, 1.54) is 12.1 Å². The molecular weight excluding hydrogens is 800 g/mol. The van der Waals surface area contributed by atoms with Gasteiger partial charge in [0.15, 0.2) is 11.2 Å². The van der Waals surface area contributed by atoms with Crippen molar-refractivity contribution >= 4 is 90.0 Å². The molecule has 5 atom stereocenters. The topological polar surface area (TPSA) is 87.4 Å². The molecule has 0 amide bonds. The van der Waals surface area contributed by atoms with Gasteiger partial charge in [-0.1, -0.05) is 115 Å². The zero-order valence-corrected chi connectivity index (χ0v) is 30.3. The zero-order chi connectivity index (χ0) is 33.4. The highest BCUT2D eigenvalue weighted by Crippen LogP contribution is 2.65. The predicted octanol–water partition coefficient (Wildman–Crippen LogP) is 10.6. The van der Waals surface area contributed by atoms with Gasteiger partial charge in [-0.15, -0.1) is 0 Å². The molecule has 1 aliphatic rings. The molecule has 4 aromatic rings. The number of Topliss-reactive ketones (excluding diaryl/α,β-unsaturated/α-hetero) is 1. The van der Waals surface area contributed by atoms with Crippen molar-refractivity contribution < 1.29 is 19.4 Å². The first-order valence-electron chi connectivity index (χ1n) is 14.1. The van der Waals surface area contributed by atoms with Crippen LogP contribution in [0.15, 0.2) is 93.9 Å². The minimum atomic E-state index is -2.11. The number of hydrogen-bond donors (Lipinski definition) is 1. The number of benzene rings is 4. The first-order chi connectivity index (χ1) is 21.9. The van der Waals surface area contributed by atoms with Gasteiger partial charge in [0.1, 0.15) is 5.60 Å². The molecule has 0 radical (unpaired) electrons. The molecule has 0 heterocycles. The lowest BCUT2D eigenvalue weighted by Gasteiger charge is -2.54. The summed E-state index contributed by atoms with van der Waals surface area (Å²) >= 11 is 33.1. The fourth-order valence-electron chi connectivity index (χ4n) is 6.58. The van der Waals surface area contributed by atoms with Crippen molar-refractivity contribution in [1.29, 1.82) is 5.26 Å². The maximum Gasteiger partial charge on any atom is 0.327 e. The van der Waals surface area contributed by atoms with Crippen molar-refractivity contribution in [1.82, 2.24) is 0 Å². The van der Waals surface area contributed by atoms with E-state index in [4.69, 9.17) is 51.1 Å². The number of aliphatic hydroxyl groups is 1. The van der Waals surface area contributed by atoms with Crippen molar-refractivity contribution in [2.45, 2.75) is 30.8 Å². The van der Waals surface area contributed by atoms with Crippen LogP contribution in [0, 0.1) is 22.7 Å². The predicted molar refractivity (Wildman–Crippen MR) is 188 cm³/mol. The Morgan fingerprint density at radius 2 is 1.39 bits per heavy atom. The van der Waals surface area contributed by atoms with E-state index in [1.807, 2.05) is 0 Å². The summed E-state index contributed by atoms with van der Waals surface area (Å²) in [5, 5.41) is 25.3. The van der Waals surface area contributed by atoms with E-state index >= 15 is 0 Å². The Morgan fingerprint density at radius 3 is 1.89 bits per heavy atom. The quantitative estimate of drug-likeness (QED) is 0.148. The summed E-state index contributed by atoms with van der Waals surface area (Å²) in [5.41, 5.74) is -2.77. The lowest BCUT2D eigenvalue weighted by molar-refractivity contribution is -0.164. The Hall–Kier alpha value is -2.41. The smallest absolute Gasteiger partial charge is 0.327 e. The Labute approximate surface area is 303 Å². The van der Waals surface area contributed by atoms with Gasteiger partial charge in [-0.2, -0.15) is 5.26 Å². The van der Waals surface area contributed by atoms with Crippen LogP contribution in [-0.4, -0.2) is 23.5 Å². The summed E-state index contributed by atoms with van der Waals surface area (Å²) in [7, 11) is 0. The fourth-order valence-corrected chi connectivity index (χ4v) is 8.18. The third-order valence-electron chi connectivity index (χ3n) is 8.59. The van der Waals surface area contributed by atoms with Gasteiger partial charge in [-0.25, -0.2) is 0 Å². The standard InChI is InChI=1S/C35H25Br2Cl4NO4/c1-2-46-33(44)34(18-42)27(25-13-11-23(38)15-28(25)40)17-35(45,20-5-9-22(37)10-6-20)31(32(43)19-3-7-21(36)8-4-19)30(34)26-14-12-24(39)16-29(26)41/h3-16,27,30-31,45H,2,17H2,1H3/t27-,30-,31+,34+,35-/m0/s1. The Kier molecular flexibility index (Phi) is 10.6. The number of ether oxygens (including phenoxy) is 1. The van der Waals surface area contributed by atoms with Crippen molar-refractivity contribution in [3.05, 3.63) is 136 Å². The van der Waals surface area contributed by atoms with Crippen LogP contribution in [0.4, 0.5) is 0 Å². The molecule has 0 saturated heterocycles. The second-order valence-corrected chi connectivity index (χ2v) is 14.6. The number of ketones is 1. The maximum absolute atomic E-state index is 14.9. The molecule has 4 aromatic carbocycles. The number of carbonyl (C=O) groups is 2. The van der Waals surface area contributed by atoms with Crippen LogP contribution in [0.3, 0.4) is 0 Å². The van der Waals surface area contributed by atoms with Crippen LogP contribution >= 0.6 is 78.3 Å². The van der Waals surface area contributed by atoms with Crippen molar-refractivity contribution in [2.75, 3.05) is 6.61 Å². The third kappa shape index (κ3) is 6.26. The number of nitrogens with zero attached hydrogens (tertiary/aromatic N) is 1.